The lowest BCUT2D eigenvalue weighted by Crippen LogP contribution is -2.28. The Morgan fingerprint density at radius 1 is 1.43 bits per heavy atom. The van der Waals surface area contributed by atoms with E-state index in [0.29, 0.717) is 18.8 Å². The van der Waals surface area contributed by atoms with Gasteiger partial charge in [-0.25, -0.2) is 0 Å². The molecular formula is C15H18N4O2. The molecule has 1 amide bonds. The molecule has 0 radical (unpaired) electrons. The molecule has 3 rings (SSSR count). The second-order valence-electron chi connectivity index (χ2n) is 4.95. The Balaban J connectivity index is 1.71. The Hall–Kier alpha value is -2.34. The van der Waals surface area contributed by atoms with Crippen LogP contribution in [0.25, 0.3) is 0 Å². The summed E-state index contributed by atoms with van der Waals surface area (Å²) in [5.74, 6) is 0.602. The molecule has 1 aromatic carbocycles. The second-order valence-corrected chi connectivity index (χ2v) is 4.95. The lowest BCUT2D eigenvalue weighted by atomic mass is 10.1. The maximum atomic E-state index is 12.3. The van der Waals surface area contributed by atoms with Gasteiger partial charge in [0, 0.05) is 42.9 Å². The number of amides is 1. The van der Waals surface area contributed by atoms with Crippen LogP contribution < -0.4 is 15.4 Å². The van der Waals surface area contributed by atoms with Crippen molar-refractivity contribution in [2.24, 2.45) is 0 Å². The smallest absolute Gasteiger partial charge is 0.272 e. The van der Waals surface area contributed by atoms with Crippen LogP contribution in [0.2, 0.25) is 0 Å². The van der Waals surface area contributed by atoms with E-state index < -0.39 is 0 Å². The molecule has 2 heterocycles. The van der Waals surface area contributed by atoms with Crippen molar-refractivity contribution in [1.29, 1.82) is 0 Å². The SMILES string of the molecule is COc1ccccc1CNC(=O)c1n[nH]c2c1CNCC2. The standard InChI is InChI=1S/C15H18N4O2/c1-21-13-5-3-2-4-10(13)8-17-15(20)14-11-9-16-7-6-12(11)18-19-14/h2-5,16H,6-9H2,1H3,(H,17,20)(H,18,19). The van der Waals surface area contributed by atoms with Crippen molar-refractivity contribution in [2.45, 2.75) is 19.5 Å². The second kappa shape index (κ2) is 5.97. The first-order valence-corrected chi connectivity index (χ1v) is 6.96. The fourth-order valence-electron chi connectivity index (χ4n) is 2.52. The fourth-order valence-corrected chi connectivity index (χ4v) is 2.52. The highest BCUT2D eigenvalue weighted by Crippen LogP contribution is 2.18. The number of benzene rings is 1. The molecule has 6 heteroatoms. The van der Waals surface area contributed by atoms with Crippen molar-refractivity contribution in [3.05, 3.63) is 46.8 Å². The molecule has 0 saturated heterocycles. The van der Waals surface area contributed by atoms with Crippen LogP contribution in [0.3, 0.4) is 0 Å². The van der Waals surface area contributed by atoms with Gasteiger partial charge < -0.3 is 15.4 Å². The van der Waals surface area contributed by atoms with Gasteiger partial charge in [-0.1, -0.05) is 18.2 Å². The zero-order valence-corrected chi connectivity index (χ0v) is 11.9. The Morgan fingerprint density at radius 2 is 2.29 bits per heavy atom. The molecule has 0 saturated carbocycles. The number of aromatic amines is 1. The summed E-state index contributed by atoms with van der Waals surface area (Å²) in [6.45, 7) is 2.01. The average molecular weight is 286 g/mol. The molecule has 0 aliphatic carbocycles. The maximum Gasteiger partial charge on any atom is 0.272 e. The van der Waals surface area contributed by atoms with Crippen LogP contribution in [0.4, 0.5) is 0 Å². The van der Waals surface area contributed by atoms with Crippen LogP contribution in [0, 0.1) is 0 Å². The molecule has 1 aliphatic heterocycles. The molecule has 21 heavy (non-hydrogen) atoms. The van der Waals surface area contributed by atoms with E-state index in [9.17, 15) is 4.79 Å². The number of methoxy groups -OCH3 is 1. The number of carbonyl (C=O) groups excluding carboxylic acids is 1. The quantitative estimate of drug-likeness (QED) is 0.783. The van der Waals surface area contributed by atoms with E-state index in [1.54, 1.807) is 7.11 Å². The highest BCUT2D eigenvalue weighted by molar-refractivity contribution is 5.94. The molecule has 0 unspecified atom stereocenters. The monoisotopic (exact) mass is 286 g/mol. The number of hydrogen-bond donors (Lipinski definition) is 3. The largest absolute Gasteiger partial charge is 0.496 e. The number of rotatable bonds is 4. The lowest BCUT2D eigenvalue weighted by Gasteiger charge is -2.13. The minimum Gasteiger partial charge on any atom is -0.496 e. The Kier molecular flexibility index (Phi) is 3.87. The van der Waals surface area contributed by atoms with Crippen molar-refractivity contribution in [3.63, 3.8) is 0 Å². The van der Waals surface area contributed by atoms with Gasteiger partial charge in [-0.05, 0) is 6.07 Å². The van der Waals surface area contributed by atoms with Gasteiger partial charge in [-0.2, -0.15) is 5.10 Å². The Labute approximate surface area is 122 Å². The molecule has 2 aromatic rings. The van der Waals surface area contributed by atoms with Crippen LogP contribution in [-0.4, -0.2) is 29.8 Å². The predicted molar refractivity (Wildman–Crippen MR) is 78.2 cm³/mol. The number of hydrogen-bond acceptors (Lipinski definition) is 4. The average Bonchev–Trinajstić information content (AvgIpc) is 2.97. The topological polar surface area (TPSA) is 79.0 Å². The zero-order chi connectivity index (χ0) is 14.7. The maximum absolute atomic E-state index is 12.3. The van der Waals surface area contributed by atoms with E-state index in [0.717, 1.165) is 35.5 Å². The number of H-pyrrole nitrogens is 1. The van der Waals surface area contributed by atoms with E-state index in [2.05, 4.69) is 20.8 Å². The third-order valence-electron chi connectivity index (χ3n) is 3.65. The molecule has 1 aliphatic rings. The van der Waals surface area contributed by atoms with Gasteiger partial charge in [0.15, 0.2) is 5.69 Å². The highest BCUT2D eigenvalue weighted by Gasteiger charge is 2.21. The summed E-state index contributed by atoms with van der Waals surface area (Å²) in [6, 6.07) is 7.63. The van der Waals surface area contributed by atoms with E-state index in [1.165, 1.54) is 0 Å². The van der Waals surface area contributed by atoms with E-state index in [1.807, 2.05) is 24.3 Å². The minimum atomic E-state index is -0.165. The van der Waals surface area contributed by atoms with Gasteiger partial charge in [0.25, 0.3) is 5.91 Å². The van der Waals surface area contributed by atoms with Gasteiger partial charge in [-0.15, -0.1) is 0 Å². The van der Waals surface area contributed by atoms with Crippen LogP contribution in [0.5, 0.6) is 5.75 Å². The van der Waals surface area contributed by atoms with Crippen molar-refractivity contribution in [1.82, 2.24) is 20.8 Å². The summed E-state index contributed by atoms with van der Waals surface area (Å²) in [5, 5.41) is 13.2. The summed E-state index contributed by atoms with van der Waals surface area (Å²) in [6.07, 6.45) is 0.877. The number of para-hydroxylation sites is 1. The number of ether oxygens (including phenoxy) is 1. The molecule has 6 nitrogen and oxygen atoms in total. The molecule has 0 spiro atoms. The fraction of sp³-hybridized carbons (Fsp3) is 0.333. The van der Waals surface area contributed by atoms with E-state index in [4.69, 9.17) is 4.74 Å². The summed E-state index contributed by atoms with van der Waals surface area (Å²) in [5.41, 5.74) is 3.44. The first-order chi connectivity index (χ1) is 10.3. The van der Waals surface area contributed by atoms with Gasteiger partial charge in [0.2, 0.25) is 0 Å². The number of carbonyl (C=O) groups is 1. The van der Waals surface area contributed by atoms with Crippen LogP contribution in [-0.2, 0) is 19.5 Å². The van der Waals surface area contributed by atoms with Gasteiger partial charge in [0.1, 0.15) is 5.75 Å². The van der Waals surface area contributed by atoms with Crippen LogP contribution in [0.15, 0.2) is 24.3 Å². The highest BCUT2D eigenvalue weighted by atomic mass is 16.5. The summed E-state index contributed by atoms with van der Waals surface area (Å²) in [4.78, 5) is 12.3. The first-order valence-electron chi connectivity index (χ1n) is 6.96. The Morgan fingerprint density at radius 3 is 3.14 bits per heavy atom. The lowest BCUT2D eigenvalue weighted by molar-refractivity contribution is 0.0944. The molecular weight excluding hydrogens is 268 g/mol. The molecule has 0 bridgehead atoms. The molecule has 3 N–H and O–H groups in total. The van der Waals surface area contributed by atoms with Gasteiger partial charge in [-0.3, -0.25) is 9.89 Å². The molecule has 110 valence electrons. The van der Waals surface area contributed by atoms with Crippen LogP contribution in [0.1, 0.15) is 27.3 Å². The van der Waals surface area contributed by atoms with E-state index in [-0.39, 0.29) is 5.91 Å². The van der Waals surface area contributed by atoms with E-state index >= 15 is 0 Å². The number of nitrogens with zero attached hydrogens (tertiary/aromatic N) is 1. The molecule has 0 atom stereocenters. The number of fused-ring (bicyclic) bond motifs is 1. The molecule has 1 aromatic heterocycles. The van der Waals surface area contributed by atoms with Crippen molar-refractivity contribution in [2.75, 3.05) is 13.7 Å². The normalized spacial score (nSPS) is 13.6. The summed E-state index contributed by atoms with van der Waals surface area (Å²) in [7, 11) is 1.62. The van der Waals surface area contributed by atoms with Crippen molar-refractivity contribution >= 4 is 5.91 Å². The number of aromatic nitrogens is 2. The first kappa shape index (κ1) is 13.6. The van der Waals surface area contributed by atoms with Crippen molar-refractivity contribution in [3.8, 4) is 5.75 Å². The van der Waals surface area contributed by atoms with Gasteiger partial charge in [0.05, 0.1) is 7.11 Å². The zero-order valence-electron chi connectivity index (χ0n) is 11.9. The van der Waals surface area contributed by atoms with Crippen LogP contribution >= 0.6 is 0 Å². The van der Waals surface area contributed by atoms with Crippen molar-refractivity contribution < 1.29 is 9.53 Å². The minimum absolute atomic E-state index is 0.165. The summed E-state index contributed by atoms with van der Waals surface area (Å²) >= 11 is 0. The predicted octanol–water partition coefficient (Wildman–Crippen LogP) is 0.994. The number of nitrogens with one attached hydrogen (secondary N) is 3. The third kappa shape index (κ3) is 2.75. The summed E-state index contributed by atoms with van der Waals surface area (Å²) < 4.78 is 5.28. The Bertz CT molecular complexity index is 651. The molecule has 0 fully saturated rings. The third-order valence-corrected chi connectivity index (χ3v) is 3.65. The van der Waals surface area contributed by atoms with Gasteiger partial charge >= 0.3 is 0 Å².